The molecule has 0 spiro atoms. The first-order valence-electron chi connectivity index (χ1n) is 9.25. The number of hydrogen-bond acceptors (Lipinski definition) is 2. The molecule has 0 radical (unpaired) electrons. The van der Waals surface area contributed by atoms with E-state index in [2.05, 4.69) is 0 Å². The predicted molar refractivity (Wildman–Crippen MR) is 39.5 cm³/mol. The third kappa shape index (κ3) is 1.66. The second kappa shape index (κ2) is 2.67. The normalized spacial score (nSPS) is 102. The molecule has 0 aliphatic carbocycles. The molecular weight excluding hydrogens is 112 g/mol. The molecule has 0 aromatic heterocycles. The predicted octanol–water partition coefficient (Wildman–Crippen LogP) is 0.345. The zero-order valence-electron chi connectivity index (χ0n) is 18.5. The van der Waals surface area contributed by atoms with Gasteiger partial charge in [-0.3, -0.25) is 0 Å². The highest BCUT2D eigenvalue weighted by Gasteiger charge is 2.18. The second-order valence-electron chi connectivity index (χ2n) is 1.50. The number of piperazine rings is 1. The van der Waals surface area contributed by atoms with Crippen LogP contribution in [-0.2, 0) is 0 Å². The van der Waals surface area contributed by atoms with Crippen molar-refractivity contribution in [2.75, 3.05) is 6.50 Å². The zero-order valence-corrected chi connectivity index (χ0v) is 4.50. The average Bonchev–Trinajstić information content (AvgIpc) is 2.21. The van der Waals surface area contributed by atoms with Crippen LogP contribution in [0.15, 0.2) is 0 Å². The van der Waals surface area contributed by atoms with Gasteiger partial charge < -0.3 is 10.6 Å². The van der Waals surface area contributed by atoms with Crippen LogP contribution in [0.25, 0.3) is 0 Å². The molecule has 3 atom stereocenters. The van der Waals surface area contributed by atoms with Crippen LogP contribution in [0.5, 0.6) is 0 Å². The Morgan fingerprint density at radius 2 is 2.44 bits per heavy atom. The molecule has 1 heterocycles. The van der Waals surface area contributed by atoms with Crippen molar-refractivity contribution in [3.05, 3.63) is 0 Å². The third-order valence-corrected chi connectivity index (χ3v) is 0.812. The van der Waals surface area contributed by atoms with Crippen LogP contribution < -0.4 is 10.6 Å². The van der Waals surface area contributed by atoms with Crippen LogP contribution in [0.4, 0.5) is 0 Å². The summed E-state index contributed by atoms with van der Waals surface area (Å²) in [6.07, 6.45) is 0. The first kappa shape index (κ1) is 1.07. The first-order chi connectivity index (χ1) is 9.66. The van der Waals surface area contributed by atoms with Crippen LogP contribution in [0, 0.1) is 0 Å². The molecule has 54 valence electrons. The Morgan fingerprint density at radius 1 is 1.56 bits per heavy atom. The van der Waals surface area contributed by atoms with Crippen LogP contribution >= 0.6 is 0 Å². The van der Waals surface area contributed by atoms with E-state index in [0.717, 1.165) is 0 Å². The SMILES string of the molecule is [2H]C([2H])([2H])C1([2H])NC([2H])(C([2H])([2H])[2H])C([2H])(C([2H])([2H])[2H])NC1([2H])[2H]. The van der Waals surface area contributed by atoms with Crippen molar-refractivity contribution in [3.63, 3.8) is 0 Å². The minimum Gasteiger partial charge on any atom is -0.311 e. The van der Waals surface area contributed by atoms with E-state index in [9.17, 15) is 0 Å². The highest BCUT2D eigenvalue weighted by atomic mass is 15.1. The van der Waals surface area contributed by atoms with Gasteiger partial charge in [-0.15, -0.1) is 0 Å². The maximum atomic E-state index is 7.97. The standard InChI is InChI=1S/C7H16N2/c1-5-4-8-6(2)7(3)9-5/h5-9H,4H2,1-3H3/i1D3,2D3,3D3,4D2,5D,6D,7D. The van der Waals surface area contributed by atoms with Gasteiger partial charge in [0.15, 0.2) is 0 Å². The molecule has 3 unspecified atom stereocenters. The number of rotatable bonds is 0. The quantitative estimate of drug-likeness (QED) is 0.510. The van der Waals surface area contributed by atoms with E-state index >= 15 is 0 Å². The zero-order chi connectivity index (χ0) is 18.9. The Morgan fingerprint density at radius 3 is 3.11 bits per heavy atom. The van der Waals surface area contributed by atoms with E-state index < -0.39 is 45.1 Å². The van der Waals surface area contributed by atoms with Crippen LogP contribution in [0.3, 0.4) is 0 Å². The molecule has 2 N–H and O–H groups in total. The molecule has 0 aromatic carbocycles. The molecule has 1 aliphatic rings. The average molecular weight is 142 g/mol. The van der Waals surface area contributed by atoms with Gasteiger partial charge in [0, 0.05) is 43.7 Å². The fraction of sp³-hybridized carbons (Fsp3) is 1.00. The van der Waals surface area contributed by atoms with Gasteiger partial charge in [-0.25, -0.2) is 0 Å². The van der Waals surface area contributed by atoms with E-state index in [1.807, 2.05) is 0 Å². The summed E-state index contributed by atoms with van der Waals surface area (Å²) in [5, 5.41) is 2.98. The fourth-order valence-electron chi connectivity index (χ4n) is 0.406. The molecule has 0 bridgehead atoms. The molecule has 1 rings (SSSR count). The van der Waals surface area contributed by atoms with E-state index in [1.165, 1.54) is 10.6 Å². The monoisotopic (exact) mass is 142 g/mol. The van der Waals surface area contributed by atoms with E-state index in [-0.39, 0.29) is 0 Å². The van der Waals surface area contributed by atoms with Gasteiger partial charge in [0.1, 0.15) is 0 Å². The van der Waals surface area contributed by atoms with Gasteiger partial charge in [0.25, 0.3) is 0 Å². The summed E-state index contributed by atoms with van der Waals surface area (Å²) in [4.78, 5) is 0. The Labute approximate surface area is 76.7 Å². The summed E-state index contributed by atoms with van der Waals surface area (Å²) in [5.74, 6) is 0. The second-order valence-corrected chi connectivity index (χ2v) is 1.50. The maximum absolute atomic E-state index is 7.97. The van der Waals surface area contributed by atoms with Gasteiger partial charge in [-0.2, -0.15) is 0 Å². The summed E-state index contributed by atoms with van der Waals surface area (Å²) in [5.41, 5.74) is 0. The Bertz CT molecular complexity index is 477. The van der Waals surface area contributed by atoms with Crippen LogP contribution in [0.1, 0.15) is 39.7 Å². The van der Waals surface area contributed by atoms with E-state index in [0.29, 0.717) is 0 Å². The lowest BCUT2D eigenvalue weighted by Crippen LogP contribution is -2.57. The molecule has 2 heteroatoms. The molecule has 0 amide bonds. The molecule has 2 nitrogen and oxygen atoms in total. The lowest BCUT2D eigenvalue weighted by atomic mass is 10.1. The van der Waals surface area contributed by atoms with Crippen molar-refractivity contribution in [1.29, 1.82) is 0 Å². The molecule has 0 aromatic rings. The smallest absolute Gasteiger partial charge is 0.0478 e. The Hall–Kier alpha value is -0.0800. The molecule has 9 heavy (non-hydrogen) atoms. The molecule has 0 saturated carbocycles. The van der Waals surface area contributed by atoms with Crippen molar-refractivity contribution in [2.45, 2.75) is 38.6 Å². The van der Waals surface area contributed by atoms with Gasteiger partial charge in [-0.1, -0.05) is 0 Å². The third-order valence-electron chi connectivity index (χ3n) is 0.812. The van der Waals surface area contributed by atoms with Crippen molar-refractivity contribution in [1.82, 2.24) is 10.6 Å². The summed E-state index contributed by atoms with van der Waals surface area (Å²) in [7, 11) is 0. The molecule has 1 fully saturated rings. The van der Waals surface area contributed by atoms with Crippen molar-refractivity contribution < 1.29 is 19.2 Å². The minimum absolute atomic E-state index is 1.48. The lowest BCUT2D eigenvalue weighted by Gasteiger charge is -2.32. The summed E-state index contributed by atoms with van der Waals surface area (Å²) >= 11 is 0. The maximum Gasteiger partial charge on any atom is 0.0478 e. The summed E-state index contributed by atoms with van der Waals surface area (Å²) in [6.45, 7) is -13.9. The van der Waals surface area contributed by atoms with Crippen molar-refractivity contribution >= 4 is 0 Å². The number of nitrogens with one attached hydrogen (secondary N) is 2. The Balaban J connectivity index is 3.71. The fourth-order valence-corrected chi connectivity index (χ4v) is 0.406. The van der Waals surface area contributed by atoms with Gasteiger partial charge in [0.2, 0.25) is 0 Å². The van der Waals surface area contributed by atoms with Gasteiger partial charge >= 0.3 is 0 Å². The summed E-state index contributed by atoms with van der Waals surface area (Å²) < 4.78 is 105. The first-order valence-corrected chi connectivity index (χ1v) is 2.25. The lowest BCUT2D eigenvalue weighted by molar-refractivity contribution is 0.305. The van der Waals surface area contributed by atoms with Crippen molar-refractivity contribution in [3.8, 4) is 0 Å². The molecule has 1 saturated heterocycles. The van der Waals surface area contributed by atoms with Crippen LogP contribution in [0.2, 0.25) is 0 Å². The van der Waals surface area contributed by atoms with Crippen LogP contribution in [-0.4, -0.2) is 24.6 Å². The summed E-state index contributed by atoms with van der Waals surface area (Å²) in [6, 6.07) is -10.3. The van der Waals surface area contributed by atoms with Gasteiger partial charge in [0.05, 0.1) is 0 Å². The molecule has 1 aliphatic heterocycles. The van der Waals surface area contributed by atoms with Crippen molar-refractivity contribution in [2.24, 2.45) is 0 Å². The highest BCUT2D eigenvalue weighted by molar-refractivity contribution is 4.84. The minimum atomic E-state index is -3.55. The Kier molecular flexibility index (Phi) is 0.316. The molecular formula is C7H16N2. The van der Waals surface area contributed by atoms with E-state index in [4.69, 9.17) is 19.2 Å². The highest BCUT2D eigenvalue weighted by Crippen LogP contribution is 1.99. The topological polar surface area (TPSA) is 24.1 Å². The number of hydrogen-bond donors (Lipinski definition) is 2. The van der Waals surface area contributed by atoms with Gasteiger partial charge in [-0.05, 0) is 20.6 Å². The largest absolute Gasteiger partial charge is 0.311 e. The van der Waals surface area contributed by atoms with E-state index in [1.54, 1.807) is 0 Å².